The SMILES string of the molecule is CCOC(=O)C(=O)C1=C(O)c2[nH]c3ccc(C)cc3c2CC1. The summed E-state index contributed by atoms with van der Waals surface area (Å²) >= 11 is 0. The van der Waals surface area contributed by atoms with E-state index in [1.54, 1.807) is 6.92 Å². The molecule has 22 heavy (non-hydrogen) atoms. The van der Waals surface area contributed by atoms with E-state index in [-0.39, 0.29) is 17.9 Å². The van der Waals surface area contributed by atoms with Gasteiger partial charge in [-0.1, -0.05) is 11.6 Å². The van der Waals surface area contributed by atoms with Crippen LogP contribution in [0.1, 0.15) is 30.2 Å². The third kappa shape index (κ3) is 2.19. The fourth-order valence-electron chi connectivity index (χ4n) is 2.88. The molecule has 0 aliphatic heterocycles. The number of aryl methyl sites for hydroxylation is 2. The molecule has 0 saturated heterocycles. The lowest BCUT2D eigenvalue weighted by Gasteiger charge is -2.15. The molecular weight excluding hydrogens is 282 g/mol. The predicted octanol–water partition coefficient (Wildman–Crippen LogP) is 2.82. The Morgan fingerprint density at radius 3 is 2.82 bits per heavy atom. The van der Waals surface area contributed by atoms with Crippen LogP contribution in [0.4, 0.5) is 0 Å². The molecule has 1 aliphatic rings. The van der Waals surface area contributed by atoms with Gasteiger partial charge in [0.15, 0.2) is 0 Å². The van der Waals surface area contributed by atoms with Crippen LogP contribution in [0.2, 0.25) is 0 Å². The highest BCUT2D eigenvalue weighted by Crippen LogP contribution is 2.35. The lowest BCUT2D eigenvalue weighted by atomic mass is 9.91. The maximum absolute atomic E-state index is 12.1. The molecule has 0 radical (unpaired) electrons. The zero-order valence-corrected chi connectivity index (χ0v) is 12.5. The summed E-state index contributed by atoms with van der Waals surface area (Å²) in [6, 6.07) is 5.98. The third-order valence-corrected chi connectivity index (χ3v) is 3.94. The number of hydrogen-bond acceptors (Lipinski definition) is 4. The summed E-state index contributed by atoms with van der Waals surface area (Å²) in [5.74, 6) is -1.83. The zero-order valence-electron chi connectivity index (χ0n) is 12.5. The van der Waals surface area contributed by atoms with E-state index < -0.39 is 11.8 Å². The van der Waals surface area contributed by atoms with Crippen molar-refractivity contribution in [1.29, 1.82) is 0 Å². The van der Waals surface area contributed by atoms with Crippen LogP contribution in [0.25, 0.3) is 16.7 Å². The second-order valence-electron chi connectivity index (χ2n) is 5.40. The van der Waals surface area contributed by atoms with Crippen LogP contribution in [0.3, 0.4) is 0 Å². The minimum Gasteiger partial charge on any atom is -0.505 e. The van der Waals surface area contributed by atoms with Gasteiger partial charge in [-0.15, -0.1) is 0 Å². The first kappa shape index (κ1) is 14.4. The summed E-state index contributed by atoms with van der Waals surface area (Å²) in [7, 11) is 0. The van der Waals surface area contributed by atoms with Gasteiger partial charge in [0.05, 0.1) is 17.9 Å². The van der Waals surface area contributed by atoms with Crippen LogP contribution in [0.15, 0.2) is 23.8 Å². The lowest BCUT2D eigenvalue weighted by molar-refractivity contribution is -0.151. The van der Waals surface area contributed by atoms with Gasteiger partial charge < -0.3 is 14.8 Å². The van der Waals surface area contributed by atoms with Crippen LogP contribution < -0.4 is 0 Å². The fourth-order valence-corrected chi connectivity index (χ4v) is 2.88. The number of esters is 1. The van der Waals surface area contributed by atoms with Crippen molar-refractivity contribution in [3.8, 4) is 0 Å². The Morgan fingerprint density at radius 1 is 1.32 bits per heavy atom. The van der Waals surface area contributed by atoms with Crippen molar-refractivity contribution in [3.05, 3.63) is 40.6 Å². The van der Waals surface area contributed by atoms with Crippen molar-refractivity contribution in [2.45, 2.75) is 26.7 Å². The number of benzene rings is 1. The molecule has 0 saturated carbocycles. The number of aromatic amines is 1. The first-order valence-electron chi connectivity index (χ1n) is 7.28. The molecule has 114 valence electrons. The van der Waals surface area contributed by atoms with Crippen LogP contribution in [-0.4, -0.2) is 28.4 Å². The Balaban J connectivity index is 2.08. The number of aliphatic hydroxyl groups is 1. The largest absolute Gasteiger partial charge is 0.505 e. The minimum absolute atomic E-state index is 0.120. The third-order valence-electron chi connectivity index (χ3n) is 3.94. The molecule has 1 aliphatic carbocycles. The Bertz CT molecular complexity index is 813. The van der Waals surface area contributed by atoms with Gasteiger partial charge in [0, 0.05) is 10.9 Å². The Kier molecular flexibility index (Phi) is 3.48. The number of rotatable bonds is 3. The zero-order chi connectivity index (χ0) is 15.9. The number of H-pyrrole nitrogens is 1. The van der Waals surface area contributed by atoms with Gasteiger partial charge in [-0.05, 0) is 44.4 Å². The molecular formula is C17H17NO4. The number of nitrogens with one attached hydrogen (secondary N) is 1. The van der Waals surface area contributed by atoms with Crippen LogP contribution >= 0.6 is 0 Å². The molecule has 0 atom stereocenters. The van der Waals surface area contributed by atoms with E-state index in [0.717, 1.165) is 22.0 Å². The maximum Gasteiger partial charge on any atom is 0.379 e. The number of Topliss-reactive ketones (excluding diaryl/α,β-unsaturated/α-hetero) is 1. The van der Waals surface area contributed by atoms with Crippen molar-refractivity contribution in [3.63, 3.8) is 0 Å². The lowest BCUT2D eigenvalue weighted by Crippen LogP contribution is -2.22. The molecule has 1 aromatic carbocycles. The van der Waals surface area contributed by atoms with Crippen molar-refractivity contribution < 1.29 is 19.4 Å². The van der Waals surface area contributed by atoms with Crippen molar-refractivity contribution in [1.82, 2.24) is 4.98 Å². The highest BCUT2D eigenvalue weighted by Gasteiger charge is 2.30. The number of fused-ring (bicyclic) bond motifs is 3. The summed E-state index contributed by atoms with van der Waals surface area (Å²) in [4.78, 5) is 26.8. The highest BCUT2D eigenvalue weighted by molar-refractivity contribution is 6.41. The molecule has 1 heterocycles. The summed E-state index contributed by atoms with van der Waals surface area (Å²) in [5.41, 5.74) is 3.67. The molecule has 2 N–H and O–H groups in total. The van der Waals surface area contributed by atoms with Crippen molar-refractivity contribution in [2.75, 3.05) is 6.61 Å². The van der Waals surface area contributed by atoms with E-state index in [9.17, 15) is 14.7 Å². The highest BCUT2D eigenvalue weighted by atomic mass is 16.5. The van der Waals surface area contributed by atoms with Gasteiger partial charge in [-0.25, -0.2) is 4.79 Å². The first-order chi connectivity index (χ1) is 10.5. The normalized spacial score (nSPS) is 14.1. The molecule has 0 spiro atoms. The van der Waals surface area contributed by atoms with Crippen LogP contribution in [-0.2, 0) is 20.7 Å². The Hall–Kier alpha value is -2.56. The van der Waals surface area contributed by atoms with E-state index >= 15 is 0 Å². The molecule has 1 aromatic heterocycles. The summed E-state index contributed by atoms with van der Waals surface area (Å²) in [5, 5.41) is 11.4. The quantitative estimate of drug-likeness (QED) is 0.674. The second kappa shape index (κ2) is 5.33. The van der Waals surface area contributed by atoms with Crippen molar-refractivity contribution >= 4 is 28.4 Å². The summed E-state index contributed by atoms with van der Waals surface area (Å²) in [6.07, 6.45) is 0.931. The van der Waals surface area contributed by atoms with Gasteiger partial charge in [0.25, 0.3) is 5.78 Å². The van der Waals surface area contributed by atoms with Gasteiger partial charge in [0.2, 0.25) is 0 Å². The molecule has 0 amide bonds. The van der Waals surface area contributed by atoms with Gasteiger partial charge >= 0.3 is 5.97 Å². The second-order valence-corrected chi connectivity index (χ2v) is 5.40. The van der Waals surface area contributed by atoms with Crippen LogP contribution in [0, 0.1) is 6.92 Å². The van der Waals surface area contributed by atoms with E-state index in [1.165, 1.54) is 0 Å². The Labute approximate surface area is 127 Å². The molecule has 5 heteroatoms. The number of carbonyl (C=O) groups is 2. The standard InChI is InChI=1S/C17H17NO4/c1-3-22-17(21)16(20)11-6-5-10-12-8-9(2)4-7-13(12)18-14(10)15(11)19/h4,7-8,18-19H,3,5-6H2,1-2H3. The minimum atomic E-state index is -0.917. The molecule has 2 aromatic rings. The smallest absolute Gasteiger partial charge is 0.379 e. The van der Waals surface area contributed by atoms with E-state index in [2.05, 4.69) is 11.1 Å². The predicted molar refractivity (Wildman–Crippen MR) is 82.5 cm³/mol. The Morgan fingerprint density at radius 2 is 2.09 bits per heavy atom. The number of hydrogen-bond donors (Lipinski definition) is 2. The summed E-state index contributed by atoms with van der Waals surface area (Å²) in [6.45, 7) is 3.78. The van der Waals surface area contributed by atoms with Crippen molar-refractivity contribution in [2.24, 2.45) is 0 Å². The van der Waals surface area contributed by atoms with Gasteiger partial charge in [-0.3, -0.25) is 4.79 Å². The number of ether oxygens (including phenoxy) is 1. The van der Waals surface area contributed by atoms with Gasteiger partial charge in [0.1, 0.15) is 5.76 Å². The number of aliphatic hydroxyl groups excluding tert-OH is 1. The average Bonchev–Trinajstić information content (AvgIpc) is 2.86. The first-order valence-corrected chi connectivity index (χ1v) is 7.28. The van der Waals surface area contributed by atoms with E-state index in [0.29, 0.717) is 18.5 Å². The molecule has 0 unspecified atom stereocenters. The summed E-state index contributed by atoms with van der Waals surface area (Å²) < 4.78 is 4.72. The molecule has 5 nitrogen and oxygen atoms in total. The molecule has 0 bridgehead atoms. The fraction of sp³-hybridized carbons (Fsp3) is 0.294. The number of aromatic nitrogens is 1. The molecule has 0 fully saturated rings. The molecule has 3 rings (SSSR count). The van der Waals surface area contributed by atoms with Gasteiger partial charge in [-0.2, -0.15) is 0 Å². The van der Waals surface area contributed by atoms with E-state index in [4.69, 9.17) is 4.74 Å². The number of carbonyl (C=O) groups excluding carboxylic acids is 2. The topological polar surface area (TPSA) is 79.4 Å². The maximum atomic E-state index is 12.1. The number of ketones is 1. The average molecular weight is 299 g/mol. The van der Waals surface area contributed by atoms with E-state index in [1.807, 2.05) is 19.1 Å². The van der Waals surface area contributed by atoms with Crippen LogP contribution in [0.5, 0.6) is 0 Å². The monoisotopic (exact) mass is 299 g/mol.